The van der Waals surface area contributed by atoms with E-state index in [0.29, 0.717) is 0 Å². The van der Waals surface area contributed by atoms with Gasteiger partial charge in [0.25, 0.3) is 5.56 Å². The molecule has 0 amide bonds. The second kappa shape index (κ2) is 5.51. The largest absolute Gasteiger partial charge is 0.402 e. The van der Waals surface area contributed by atoms with Gasteiger partial charge in [-0.25, -0.2) is 4.39 Å². The molecule has 2 N–H and O–H groups in total. The van der Waals surface area contributed by atoms with Crippen molar-refractivity contribution in [1.82, 2.24) is 4.98 Å². The lowest BCUT2D eigenvalue weighted by Crippen LogP contribution is -2.47. The van der Waals surface area contributed by atoms with Gasteiger partial charge in [-0.15, -0.1) is 0 Å². The van der Waals surface area contributed by atoms with Gasteiger partial charge in [0.05, 0.1) is 0 Å². The molecule has 0 saturated heterocycles. The molecular formula is C16H13ClF4N2O. The third-order valence-corrected chi connectivity index (χ3v) is 4.47. The van der Waals surface area contributed by atoms with Gasteiger partial charge in [-0.2, -0.15) is 13.2 Å². The molecule has 1 unspecified atom stereocenters. The van der Waals surface area contributed by atoms with E-state index in [2.05, 4.69) is 10.3 Å². The summed E-state index contributed by atoms with van der Waals surface area (Å²) in [6, 6.07) is 4.21. The van der Waals surface area contributed by atoms with Crippen molar-refractivity contribution in [3.8, 4) is 0 Å². The summed E-state index contributed by atoms with van der Waals surface area (Å²) in [5.41, 5.74) is -3.95. The summed E-state index contributed by atoms with van der Waals surface area (Å²) in [6.45, 7) is 1.60. The number of fused-ring (bicyclic) bond motifs is 2. The normalized spacial score (nSPS) is 19.4. The molecule has 0 bridgehead atoms. The molecule has 1 atom stereocenters. The van der Waals surface area contributed by atoms with Crippen LogP contribution in [0.25, 0.3) is 0 Å². The number of aromatic amines is 1. The zero-order valence-electron chi connectivity index (χ0n) is 12.5. The third kappa shape index (κ3) is 2.30. The second-order valence-electron chi connectivity index (χ2n) is 5.70. The maximum Gasteiger partial charge on any atom is 0.402 e. The molecule has 1 aliphatic rings. The standard InChI is InChI=1S/C16H13ClF4N2O/c1-2-5-15(16(19,20)21)9-6-8(18)3-4-11(9)22-13-10(15)7-12(17)23-14(13)24/h3-4,6-7,22H,2,5H2,1H3,(H,23,24). The Kier molecular flexibility index (Phi) is 3.86. The Morgan fingerprint density at radius 1 is 1.21 bits per heavy atom. The lowest BCUT2D eigenvalue weighted by Gasteiger charge is -2.42. The molecule has 0 radical (unpaired) electrons. The van der Waals surface area contributed by atoms with Crippen LogP contribution in [-0.4, -0.2) is 11.2 Å². The van der Waals surface area contributed by atoms with Gasteiger partial charge in [0.15, 0.2) is 0 Å². The number of rotatable bonds is 2. The molecule has 8 heteroatoms. The SMILES string of the molecule is CCCC1(C(F)(F)F)c2cc(F)ccc2Nc2c1cc(Cl)[nH]c2=O. The first-order valence-corrected chi connectivity index (χ1v) is 7.65. The van der Waals surface area contributed by atoms with Crippen LogP contribution in [0.1, 0.15) is 30.9 Å². The second-order valence-corrected chi connectivity index (χ2v) is 6.11. The van der Waals surface area contributed by atoms with Crippen molar-refractivity contribution in [2.24, 2.45) is 0 Å². The summed E-state index contributed by atoms with van der Waals surface area (Å²) in [6.07, 6.45) is -4.89. The van der Waals surface area contributed by atoms with Crippen LogP contribution in [0.4, 0.5) is 28.9 Å². The minimum atomic E-state index is -4.74. The number of anilines is 2. The van der Waals surface area contributed by atoms with Gasteiger partial charge in [-0.1, -0.05) is 24.9 Å². The zero-order valence-corrected chi connectivity index (χ0v) is 13.3. The summed E-state index contributed by atoms with van der Waals surface area (Å²) in [5.74, 6) is -0.778. The number of halogens is 5. The predicted molar refractivity (Wildman–Crippen MR) is 83.5 cm³/mol. The molecule has 0 aliphatic carbocycles. The van der Waals surface area contributed by atoms with Crippen LogP contribution in [0.15, 0.2) is 29.1 Å². The molecule has 0 fully saturated rings. The monoisotopic (exact) mass is 360 g/mol. The van der Waals surface area contributed by atoms with Crippen molar-refractivity contribution in [2.75, 3.05) is 5.32 Å². The molecule has 3 nitrogen and oxygen atoms in total. The summed E-state index contributed by atoms with van der Waals surface area (Å²) in [4.78, 5) is 14.4. The Labute approximate surface area is 139 Å². The molecule has 1 aromatic carbocycles. The minimum Gasteiger partial charge on any atom is -0.351 e. The number of pyridine rings is 1. The smallest absolute Gasteiger partial charge is 0.351 e. The highest BCUT2D eigenvalue weighted by Gasteiger charge is 2.60. The van der Waals surface area contributed by atoms with Gasteiger partial charge >= 0.3 is 6.18 Å². The van der Waals surface area contributed by atoms with E-state index < -0.39 is 23.0 Å². The molecule has 0 saturated carbocycles. The maximum atomic E-state index is 14.2. The van der Waals surface area contributed by atoms with Gasteiger partial charge < -0.3 is 10.3 Å². The van der Waals surface area contributed by atoms with Crippen LogP contribution in [0.3, 0.4) is 0 Å². The number of nitrogens with one attached hydrogen (secondary N) is 2. The number of alkyl halides is 3. The quantitative estimate of drug-likeness (QED) is 0.592. The van der Waals surface area contributed by atoms with Crippen LogP contribution in [-0.2, 0) is 5.41 Å². The zero-order chi connectivity index (χ0) is 17.7. The first-order valence-electron chi connectivity index (χ1n) is 7.28. The van der Waals surface area contributed by atoms with Crippen molar-refractivity contribution >= 4 is 23.0 Å². The van der Waals surface area contributed by atoms with Crippen molar-refractivity contribution in [2.45, 2.75) is 31.4 Å². The van der Waals surface area contributed by atoms with Crippen LogP contribution in [0.5, 0.6) is 0 Å². The lowest BCUT2D eigenvalue weighted by atomic mass is 9.68. The van der Waals surface area contributed by atoms with Crippen LogP contribution >= 0.6 is 11.6 Å². The molecular weight excluding hydrogens is 348 g/mol. The number of H-pyrrole nitrogens is 1. The third-order valence-electron chi connectivity index (χ3n) is 4.27. The van der Waals surface area contributed by atoms with Crippen LogP contribution in [0, 0.1) is 5.82 Å². The first-order chi connectivity index (χ1) is 11.2. The highest BCUT2D eigenvalue weighted by Crippen LogP contribution is 2.56. The van der Waals surface area contributed by atoms with E-state index in [1.165, 1.54) is 6.07 Å². The Morgan fingerprint density at radius 2 is 1.92 bits per heavy atom. The first kappa shape index (κ1) is 16.8. The molecule has 2 aromatic rings. The Morgan fingerprint density at radius 3 is 2.54 bits per heavy atom. The van der Waals surface area contributed by atoms with E-state index in [1.54, 1.807) is 6.92 Å². The number of hydrogen-bond acceptors (Lipinski definition) is 2. The van der Waals surface area contributed by atoms with Gasteiger partial charge in [0.1, 0.15) is 22.1 Å². The van der Waals surface area contributed by atoms with Crippen LogP contribution in [0.2, 0.25) is 5.15 Å². The minimum absolute atomic E-state index is 0.0579. The summed E-state index contributed by atoms with van der Waals surface area (Å²) in [7, 11) is 0. The van der Waals surface area contributed by atoms with Gasteiger partial charge in [-0.05, 0) is 36.2 Å². The molecule has 1 aliphatic heterocycles. The number of aromatic nitrogens is 1. The van der Waals surface area contributed by atoms with Crippen molar-refractivity contribution in [3.63, 3.8) is 0 Å². The van der Waals surface area contributed by atoms with Gasteiger partial charge in [0, 0.05) is 11.3 Å². The molecule has 0 spiro atoms. The highest BCUT2D eigenvalue weighted by molar-refractivity contribution is 6.29. The van der Waals surface area contributed by atoms with Gasteiger partial charge in [-0.3, -0.25) is 4.79 Å². The predicted octanol–water partition coefficient (Wildman–Crippen LogP) is 4.87. The highest BCUT2D eigenvalue weighted by atomic mass is 35.5. The maximum absolute atomic E-state index is 14.2. The Bertz CT molecular complexity index is 862. The van der Waals surface area contributed by atoms with E-state index >= 15 is 0 Å². The molecule has 1 aromatic heterocycles. The molecule has 128 valence electrons. The average molecular weight is 361 g/mol. The Balaban J connectivity index is 2.47. The fourth-order valence-corrected chi connectivity index (χ4v) is 3.53. The summed E-state index contributed by atoms with van der Waals surface area (Å²) < 4.78 is 56.4. The molecule has 2 heterocycles. The van der Waals surface area contributed by atoms with Gasteiger partial charge in [0.2, 0.25) is 0 Å². The van der Waals surface area contributed by atoms with E-state index in [0.717, 1.165) is 18.2 Å². The Hall–Kier alpha value is -2.02. The average Bonchev–Trinajstić information content (AvgIpc) is 2.47. The van der Waals surface area contributed by atoms with Crippen LogP contribution < -0.4 is 10.9 Å². The van der Waals surface area contributed by atoms with Crippen molar-refractivity contribution in [1.29, 1.82) is 0 Å². The van der Waals surface area contributed by atoms with E-state index in [9.17, 15) is 22.4 Å². The molecule has 3 rings (SSSR count). The fraction of sp³-hybridized carbons (Fsp3) is 0.312. The molecule has 24 heavy (non-hydrogen) atoms. The fourth-order valence-electron chi connectivity index (χ4n) is 3.34. The van der Waals surface area contributed by atoms with E-state index in [1.807, 2.05) is 0 Å². The van der Waals surface area contributed by atoms with Crippen molar-refractivity contribution < 1.29 is 17.6 Å². The van der Waals surface area contributed by atoms with E-state index in [-0.39, 0.29) is 40.5 Å². The number of benzene rings is 1. The lowest BCUT2D eigenvalue weighted by molar-refractivity contribution is -0.180. The van der Waals surface area contributed by atoms with Crippen molar-refractivity contribution in [3.05, 3.63) is 56.7 Å². The summed E-state index contributed by atoms with van der Waals surface area (Å²) in [5, 5.41) is 2.48. The number of hydrogen-bond donors (Lipinski definition) is 2. The summed E-state index contributed by atoms with van der Waals surface area (Å²) >= 11 is 5.79. The topological polar surface area (TPSA) is 44.9 Å². The van der Waals surface area contributed by atoms with E-state index in [4.69, 9.17) is 11.6 Å².